The second kappa shape index (κ2) is 20.1. The Kier molecular flexibility index (Phi) is 18.3. The first-order chi connectivity index (χ1) is 15.9. The van der Waals surface area contributed by atoms with Crippen LogP contribution in [0.2, 0.25) is 0 Å². The van der Waals surface area contributed by atoms with E-state index < -0.39 is 0 Å². The van der Waals surface area contributed by atoms with Crippen LogP contribution >= 0.6 is 0 Å². The normalized spacial score (nSPS) is 16.2. The largest absolute Gasteiger partial charge is 1.00 e. The fourth-order valence-electron chi connectivity index (χ4n) is 4.23. The van der Waals surface area contributed by atoms with E-state index in [9.17, 15) is 0 Å². The standard InChI is InChI=1S/C30H40N2.2HI/c1-2-6-10-14-20-30-22-18-26-32(28-30)24-16-12-8-4-3-7-11-15-23-31-25-17-21-29(27-31)19-13-9-5-1;;/h17-18,21-22,25-28H,1-12,15-16,23-24H2;2*1H/q+2;;/p-2. The lowest BCUT2D eigenvalue weighted by Gasteiger charge is -2.02. The molecule has 1 aliphatic heterocycles. The van der Waals surface area contributed by atoms with Gasteiger partial charge in [0.2, 0.25) is 0 Å². The number of hydrogen-bond donors (Lipinski definition) is 0. The van der Waals surface area contributed by atoms with Crippen molar-refractivity contribution in [3.63, 3.8) is 0 Å². The van der Waals surface area contributed by atoms with Gasteiger partial charge in [-0.05, 0) is 37.8 Å². The lowest BCUT2D eigenvalue weighted by molar-refractivity contribution is -0.697. The molecule has 0 atom stereocenters. The molecule has 1 aliphatic rings. The van der Waals surface area contributed by atoms with E-state index in [1.54, 1.807) is 0 Å². The minimum absolute atomic E-state index is 0. The van der Waals surface area contributed by atoms with Gasteiger partial charge in [-0.25, -0.2) is 9.13 Å². The molecule has 0 saturated carbocycles. The van der Waals surface area contributed by atoms with Crippen molar-refractivity contribution in [3.8, 4) is 23.7 Å². The predicted molar refractivity (Wildman–Crippen MR) is 132 cm³/mol. The van der Waals surface area contributed by atoms with E-state index in [0.29, 0.717) is 0 Å². The zero-order chi connectivity index (χ0) is 22.1. The highest BCUT2D eigenvalue weighted by atomic mass is 127. The van der Waals surface area contributed by atoms with Gasteiger partial charge in [0.25, 0.3) is 0 Å². The molecule has 34 heavy (non-hydrogen) atoms. The molecule has 0 aromatic carbocycles. The molecular formula is C30H40I2N2. The molecule has 2 aromatic rings. The van der Waals surface area contributed by atoms with E-state index in [1.165, 1.54) is 77.0 Å². The van der Waals surface area contributed by atoms with Crippen LogP contribution < -0.4 is 57.1 Å². The Morgan fingerprint density at radius 3 is 1.32 bits per heavy atom. The van der Waals surface area contributed by atoms with Crippen LogP contribution in [0.1, 0.15) is 101 Å². The van der Waals surface area contributed by atoms with Crippen LogP contribution in [0.15, 0.2) is 49.1 Å². The molecule has 0 saturated heterocycles. The second-order valence-electron chi connectivity index (χ2n) is 9.01. The van der Waals surface area contributed by atoms with Crippen LogP contribution in [-0.2, 0) is 13.1 Å². The fourth-order valence-corrected chi connectivity index (χ4v) is 4.23. The summed E-state index contributed by atoms with van der Waals surface area (Å²) < 4.78 is 4.61. The lowest BCUT2D eigenvalue weighted by Crippen LogP contribution is -3.00. The van der Waals surface area contributed by atoms with E-state index in [-0.39, 0.29) is 48.0 Å². The molecule has 0 aliphatic carbocycles. The molecule has 0 unspecified atom stereocenters. The number of nitrogens with zero attached hydrogens (tertiary/aromatic N) is 2. The van der Waals surface area contributed by atoms with Crippen LogP contribution in [-0.4, -0.2) is 0 Å². The number of rotatable bonds is 0. The van der Waals surface area contributed by atoms with E-state index in [4.69, 9.17) is 0 Å². The van der Waals surface area contributed by atoms with Crippen LogP contribution in [0.25, 0.3) is 0 Å². The Hall–Kier alpha value is -1.12. The fraction of sp³-hybridized carbons (Fsp3) is 0.533. The number of aryl methyl sites for hydroxylation is 2. The highest BCUT2D eigenvalue weighted by molar-refractivity contribution is 5.30. The van der Waals surface area contributed by atoms with E-state index in [1.807, 2.05) is 0 Å². The van der Waals surface area contributed by atoms with E-state index in [0.717, 1.165) is 37.1 Å². The average molecular weight is 682 g/mol. The molecule has 0 N–H and O–H groups in total. The maximum absolute atomic E-state index is 3.37. The first kappa shape index (κ1) is 30.9. The third kappa shape index (κ3) is 13.7. The quantitative estimate of drug-likeness (QED) is 0.213. The number of aromatic nitrogens is 2. The van der Waals surface area contributed by atoms with Crippen LogP contribution in [0.4, 0.5) is 0 Å². The molecular weight excluding hydrogens is 642 g/mol. The molecule has 4 bridgehead atoms. The van der Waals surface area contributed by atoms with Gasteiger partial charge in [0.1, 0.15) is 13.1 Å². The Bertz CT molecular complexity index is 856. The summed E-state index contributed by atoms with van der Waals surface area (Å²) in [6.07, 6.45) is 26.3. The molecule has 0 spiro atoms. The second-order valence-corrected chi connectivity index (χ2v) is 9.01. The van der Waals surface area contributed by atoms with Gasteiger partial charge in [-0.1, -0.05) is 62.2 Å². The maximum atomic E-state index is 3.37. The van der Waals surface area contributed by atoms with Crippen molar-refractivity contribution in [3.05, 3.63) is 60.2 Å². The average Bonchev–Trinajstić information content (AvgIpc) is 2.81. The van der Waals surface area contributed by atoms with Crippen molar-refractivity contribution < 1.29 is 57.1 Å². The van der Waals surface area contributed by atoms with Gasteiger partial charge in [-0.15, -0.1) is 0 Å². The van der Waals surface area contributed by atoms with Crippen LogP contribution in [0.3, 0.4) is 0 Å². The minimum Gasteiger partial charge on any atom is -1.00 e. The van der Waals surface area contributed by atoms with E-state index >= 15 is 0 Å². The third-order valence-corrected chi connectivity index (χ3v) is 6.12. The van der Waals surface area contributed by atoms with Crippen molar-refractivity contribution in [1.29, 1.82) is 0 Å². The lowest BCUT2D eigenvalue weighted by atomic mass is 10.1. The molecule has 0 fully saturated rings. The van der Waals surface area contributed by atoms with E-state index in [2.05, 4.69) is 81.9 Å². The zero-order valence-corrected chi connectivity index (χ0v) is 24.9. The van der Waals surface area contributed by atoms with Crippen molar-refractivity contribution in [1.82, 2.24) is 0 Å². The molecule has 3 rings (SSSR count). The number of fused-ring (bicyclic) bond motifs is 4. The molecule has 2 aromatic heterocycles. The molecule has 184 valence electrons. The molecule has 2 nitrogen and oxygen atoms in total. The molecule has 4 heteroatoms. The summed E-state index contributed by atoms with van der Waals surface area (Å²) in [6, 6.07) is 8.53. The van der Waals surface area contributed by atoms with Gasteiger partial charge in [0, 0.05) is 37.8 Å². The van der Waals surface area contributed by atoms with Crippen molar-refractivity contribution in [2.75, 3.05) is 0 Å². The van der Waals surface area contributed by atoms with Gasteiger partial charge in [0.15, 0.2) is 24.8 Å². The molecule has 0 amide bonds. The Balaban J connectivity index is 0.00000289. The van der Waals surface area contributed by atoms with Gasteiger partial charge >= 0.3 is 0 Å². The Labute approximate surface area is 242 Å². The first-order valence-corrected chi connectivity index (χ1v) is 12.9. The van der Waals surface area contributed by atoms with Crippen molar-refractivity contribution in [2.24, 2.45) is 0 Å². The van der Waals surface area contributed by atoms with Gasteiger partial charge in [-0.3, -0.25) is 0 Å². The number of halogens is 2. The summed E-state index contributed by atoms with van der Waals surface area (Å²) in [7, 11) is 0. The van der Waals surface area contributed by atoms with Crippen molar-refractivity contribution >= 4 is 0 Å². The summed E-state index contributed by atoms with van der Waals surface area (Å²) in [5.74, 6) is 13.4. The summed E-state index contributed by atoms with van der Waals surface area (Å²) in [5, 5.41) is 0. The highest BCUT2D eigenvalue weighted by Crippen LogP contribution is 2.09. The van der Waals surface area contributed by atoms with Crippen molar-refractivity contribution in [2.45, 2.75) is 103 Å². The third-order valence-electron chi connectivity index (χ3n) is 6.12. The zero-order valence-electron chi connectivity index (χ0n) is 20.6. The Morgan fingerprint density at radius 2 is 0.882 bits per heavy atom. The maximum Gasteiger partial charge on any atom is 0.184 e. The smallest absolute Gasteiger partial charge is 0.184 e. The monoisotopic (exact) mass is 682 g/mol. The summed E-state index contributed by atoms with van der Waals surface area (Å²) in [5.41, 5.74) is 2.29. The number of pyridine rings is 2. The Morgan fingerprint density at radius 1 is 0.500 bits per heavy atom. The highest BCUT2D eigenvalue weighted by Gasteiger charge is 2.03. The van der Waals surface area contributed by atoms with Gasteiger partial charge in [-0.2, -0.15) is 0 Å². The molecule has 3 heterocycles. The summed E-state index contributed by atoms with van der Waals surface area (Å²) in [6.45, 7) is 2.21. The van der Waals surface area contributed by atoms with Crippen LogP contribution in [0.5, 0.6) is 0 Å². The van der Waals surface area contributed by atoms with Gasteiger partial charge in [0.05, 0.1) is 11.1 Å². The number of hydrogen-bond acceptors (Lipinski definition) is 0. The first-order valence-electron chi connectivity index (χ1n) is 12.9. The topological polar surface area (TPSA) is 7.76 Å². The molecule has 0 radical (unpaired) electrons. The predicted octanol–water partition coefficient (Wildman–Crippen LogP) is 0.148. The summed E-state index contributed by atoms with van der Waals surface area (Å²) in [4.78, 5) is 0. The summed E-state index contributed by atoms with van der Waals surface area (Å²) >= 11 is 0. The SMILES string of the molecule is C1#Cc2ccc[n+](c2)CCCCCCCCCC[n+]2cccc(c2)C#CCCCCCC1.[I-].[I-]. The minimum atomic E-state index is 0. The van der Waals surface area contributed by atoms with Gasteiger partial charge < -0.3 is 48.0 Å². The van der Waals surface area contributed by atoms with Crippen LogP contribution in [0, 0.1) is 23.7 Å².